The Balaban J connectivity index is 0.000000421. The van der Waals surface area contributed by atoms with E-state index in [9.17, 15) is 17.6 Å². The van der Waals surface area contributed by atoms with Gasteiger partial charge in [-0.15, -0.1) is 0 Å². The quantitative estimate of drug-likeness (QED) is 0.590. The molecule has 2 heterocycles. The zero-order valence-corrected chi connectivity index (χ0v) is 17.1. The molecule has 152 valence electrons. The van der Waals surface area contributed by atoms with E-state index in [-0.39, 0.29) is 31.6 Å². The minimum absolute atomic E-state index is 0.0509. The van der Waals surface area contributed by atoms with E-state index in [1.54, 1.807) is 6.92 Å². The van der Waals surface area contributed by atoms with Crippen molar-refractivity contribution in [3.63, 3.8) is 0 Å². The van der Waals surface area contributed by atoms with Gasteiger partial charge in [-0.3, -0.25) is 9.80 Å². The van der Waals surface area contributed by atoms with Gasteiger partial charge in [-0.2, -0.15) is 0 Å². The molecule has 0 aromatic heterocycles. The van der Waals surface area contributed by atoms with Gasteiger partial charge in [-0.05, 0) is 53.6 Å². The van der Waals surface area contributed by atoms with Crippen molar-refractivity contribution < 1.29 is 17.6 Å². The monoisotopic (exact) mass is 370 g/mol. The van der Waals surface area contributed by atoms with Crippen LogP contribution in [-0.2, 0) is 0 Å². The first-order chi connectivity index (χ1) is 11.4. The molecule has 0 N–H and O–H groups in total. The topological polar surface area (TPSA) is 6.48 Å². The molecule has 1 unspecified atom stereocenters. The van der Waals surface area contributed by atoms with Crippen LogP contribution in [0.5, 0.6) is 0 Å². The first-order valence-corrected chi connectivity index (χ1v) is 9.68. The van der Waals surface area contributed by atoms with E-state index in [0.717, 1.165) is 13.1 Å². The van der Waals surface area contributed by atoms with Gasteiger partial charge in [0.25, 0.3) is 11.8 Å². The van der Waals surface area contributed by atoms with Crippen molar-refractivity contribution in [1.29, 1.82) is 0 Å². The van der Waals surface area contributed by atoms with Gasteiger partial charge in [0.15, 0.2) is 0 Å². The average molecular weight is 371 g/mol. The smallest absolute Gasteiger partial charge is 0.263 e. The van der Waals surface area contributed by atoms with E-state index >= 15 is 0 Å². The molecule has 2 saturated heterocycles. The van der Waals surface area contributed by atoms with Crippen molar-refractivity contribution in [2.75, 3.05) is 26.2 Å². The van der Waals surface area contributed by atoms with Crippen LogP contribution in [0.3, 0.4) is 0 Å². The molecule has 0 amide bonds. The third-order valence-electron chi connectivity index (χ3n) is 4.87. The maximum absolute atomic E-state index is 13.2. The van der Waals surface area contributed by atoms with Crippen molar-refractivity contribution in [3.8, 4) is 0 Å². The summed E-state index contributed by atoms with van der Waals surface area (Å²) in [6.45, 7) is 15.0. The normalized spacial score (nSPS) is 26.5. The third-order valence-corrected chi connectivity index (χ3v) is 4.87. The zero-order chi connectivity index (χ0) is 19.8. The number of piperidine rings is 2. The van der Waals surface area contributed by atoms with E-state index in [1.165, 1.54) is 0 Å². The number of hydrogen-bond donors (Lipinski definition) is 0. The molecule has 0 spiro atoms. The molecule has 0 aromatic carbocycles. The molecule has 2 nitrogen and oxygen atoms in total. The summed E-state index contributed by atoms with van der Waals surface area (Å²) in [5.74, 6) is -5.38. The van der Waals surface area contributed by atoms with Gasteiger partial charge in [0.2, 0.25) is 0 Å². The molecule has 0 bridgehead atoms. The largest absolute Gasteiger partial charge is 0.295 e. The van der Waals surface area contributed by atoms with Gasteiger partial charge < -0.3 is 0 Å². The zero-order valence-electron chi connectivity index (χ0n) is 17.1. The van der Waals surface area contributed by atoms with E-state index < -0.39 is 17.8 Å². The highest BCUT2D eigenvalue weighted by atomic mass is 19.3. The van der Waals surface area contributed by atoms with Crippen molar-refractivity contribution in [2.24, 2.45) is 5.92 Å². The predicted octanol–water partition coefficient (Wildman–Crippen LogP) is 5.52. The Bertz CT molecular complexity index is 359. The number of rotatable bonds is 2. The molecule has 0 saturated carbocycles. The molecule has 2 fully saturated rings. The summed E-state index contributed by atoms with van der Waals surface area (Å²) in [5, 5.41) is 0. The van der Waals surface area contributed by atoms with Crippen molar-refractivity contribution in [2.45, 2.75) is 91.7 Å². The lowest BCUT2D eigenvalue weighted by atomic mass is 9.94. The lowest BCUT2D eigenvalue weighted by molar-refractivity contribution is -0.110. The van der Waals surface area contributed by atoms with Crippen molar-refractivity contribution >= 4 is 0 Å². The molecule has 0 aliphatic carbocycles. The van der Waals surface area contributed by atoms with Crippen molar-refractivity contribution in [3.05, 3.63) is 0 Å². The fourth-order valence-electron chi connectivity index (χ4n) is 2.95. The summed E-state index contributed by atoms with van der Waals surface area (Å²) in [7, 11) is 0. The standard InChI is InChI=1S/C9H17F2N.C8H15F2N.C2H6/c1-7(2)12-5-4-8(3)9(10,11)6-12;1-7(2)11-5-3-4-8(9,10)6-11;1-2/h7-8H,4-6H2,1-3H3;7H,3-6H2,1-2H3;1-2H3. The molecule has 1 atom stereocenters. The van der Waals surface area contributed by atoms with Crippen LogP contribution in [0.4, 0.5) is 17.6 Å². The number of alkyl halides is 4. The van der Waals surface area contributed by atoms with Crippen LogP contribution in [-0.4, -0.2) is 59.9 Å². The minimum atomic E-state index is -2.48. The summed E-state index contributed by atoms with van der Waals surface area (Å²) in [6, 6.07) is 0.490. The SMILES string of the molecule is CC.CC(C)N1CCC(C)C(F)(F)C1.CC(C)N1CCCC(F)(F)C1. The lowest BCUT2D eigenvalue weighted by Gasteiger charge is -2.38. The van der Waals surface area contributed by atoms with Gasteiger partial charge in [0.05, 0.1) is 13.1 Å². The van der Waals surface area contributed by atoms with Gasteiger partial charge in [0, 0.05) is 24.4 Å². The number of hydrogen-bond acceptors (Lipinski definition) is 2. The van der Waals surface area contributed by atoms with Gasteiger partial charge >= 0.3 is 0 Å². The minimum Gasteiger partial charge on any atom is -0.295 e. The van der Waals surface area contributed by atoms with E-state index in [0.29, 0.717) is 12.8 Å². The first kappa shape index (κ1) is 24.6. The summed E-state index contributed by atoms with van der Waals surface area (Å²) >= 11 is 0. The van der Waals surface area contributed by atoms with Gasteiger partial charge in [-0.1, -0.05) is 20.8 Å². The van der Waals surface area contributed by atoms with Gasteiger partial charge in [0.1, 0.15) is 0 Å². The van der Waals surface area contributed by atoms with Crippen LogP contribution in [0.1, 0.15) is 67.7 Å². The fourth-order valence-corrected chi connectivity index (χ4v) is 2.95. The molecular formula is C19H38F4N2. The molecule has 2 aliphatic rings. The molecule has 2 rings (SSSR count). The highest BCUT2D eigenvalue weighted by Gasteiger charge is 2.42. The molecule has 0 radical (unpaired) electrons. The van der Waals surface area contributed by atoms with Crippen LogP contribution in [0.15, 0.2) is 0 Å². The van der Waals surface area contributed by atoms with Crippen molar-refractivity contribution in [1.82, 2.24) is 9.80 Å². The van der Waals surface area contributed by atoms with Crippen LogP contribution in [0, 0.1) is 5.92 Å². The van der Waals surface area contributed by atoms with E-state index in [1.807, 2.05) is 51.3 Å². The molecule has 0 aromatic rings. The number of halogens is 4. The summed E-state index contributed by atoms with van der Waals surface area (Å²) in [6.07, 6.45) is 1.31. The maximum atomic E-state index is 13.2. The Morgan fingerprint density at radius 2 is 1.32 bits per heavy atom. The second-order valence-corrected chi connectivity index (χ2v) is 7.54. The second kappa shape index (κ2) is 10.7. The Morgan fingerprint density at radius 1 is 0.840 bits per heavy atom. The Morgan fingerprint density at radius 3 is 1.68 bits per heavy atom. The van der Waals surface area contributed by atoms with Crippen LogP contribution >= 0.6 is 0 Å². The Kier molecular flexibility index (Phi) is 10.6. The van der Waals surface area contributed by atoms with Crippen LogP contribution < -0.4 is 0 Å². The summed E-state index contributed by atoms with van der Waals surface area (Å²) in [4.78, 5) is 3.68. The predicted molar refractivity (Wildman–Crippen MR) is 97.7 cm³/mol. The maximum Gasteiger partial charge on any atom is 0.263 e. The molecule has 2 aliphatic heterocycles. The van der Waals surface area contributed by atoms with E-state index in [2.05, 4.69) is 0 Å². The second-order valence-electron chi connectivity index (χ2n) is 7.54. The first-order valence-electron chi connectivity index (χ1n) is 9.68. The highest BCUT2D eigenvalue weighted by Crippen LogP contribution is 2.32. The van der Waals surface area contributed by atoms with Crippen LogP contribution in [0.2, 0.25) is 0 Å². The molecule has 25 heavy (non-hydrogen) atoms. The fraction of sp³-hybridized carbons (Fsp3) is 1.00. The number of likely N-dealkylation sites (tertiary alicyclic amines) is 2. The molecule has 6 heteroatoms. The summed E-state index contributed by atoms with van der Waals surface area (Å²) in [5.41, 5.74) is 0. The Hall–Kier alpha value is -0.360. The lowest BCUT2D eigenvalue weighted by Crippen LogP contribution is -2.49. The van der Waals surface area contributed by atoms with Gasteiger partial charge in [-0.25, -0.2) is 17.6 Å². The average Bonchev–Trinajstić information content (AvgIpc) is 2.51. The Labute approximate surface area is 151 Å². The van der Waals surface area contributed by atoms with Crippen LogP contribution in [0.25, 0.3) is 0 Å². The number of nitrogens with zero attached hydrogens (tertiary/aromatic N) is 2. The van der Waals surface area contributed by atoms with E-state index in [4.69, 9.17) is 0 Å². The highest BCUT2D eigenvalue weighted by molar-refractivity contribution is 4.85. The third kappa shape index (κ3) is 8.72. The summed E-state index contributed by atoms with van der Waals surface area (Å²) < 4.78 is 51.9. The molecular weight excluding hydrogens is 332 g/mol.